The van der Waals surface area contributed by atoms with E-state index in [2.05, 4.69) is 0 Å². The maximum atomic E-state index is 11.5. The zero-order valence-corrected chi connectivity index (χ0v) is 10.6. The van der Waals surface area contributed by atoms with Crippen LogP contribution in [0.1, 0.15) is 13.3 Å². The van der Waals surface area contributed by atoms with Crippen molar-refractivity contribution in [1.82, 2.24) is 9.21 Å². The number of piperazine rings is 1. The van der Waals surface area contributed by atoms with Gasteiger partial charge in [-0.05, 0) is 14.0 Å². The van der Waals surface area contributed by atoms with E-state index in [1.165, 1.54) is 4.31 Å². The predicted molar refractivity (Wildman–Crippen MR) is 59.7 cm³/mol. The molecule has 2 atom stereocenters. The van der Waals surface area contributed by atoms with Crippen LogP contribution < -0.4 is 0 Å². The van der Waals surface area contributed by atoms with Gasteiger partial charge in [0.1, 0.15) is 0 Å². The zero-order valence-electron chi connectivity index (χ0n) is 9.75. The van der Waals surface area contributed by atoms with Crippen molar-refractivity contribution in [1.29, 1.82) is 0 Å². The number of nitrogens with zero attached hydrogens (tertiary/aromatic N) is 2. The highest BCUT2D eigenvalue weighted by molar-refractivity contribution is 7.88. The molecular weight excluding hydrogens is 232 g/mol. The van der Waals surface area contributed by atoms with Gasteiger partial charge in [0.05, 0.1) is 18.7 Å². The lowest BCUT2D eigenvalue weighted by Gasteiger charge is -2.43. The Morgan fingerprint density at radius 1 is 1.44 bits per heavy atom. The Kier molecular flexibility index (Phi) is 3.92. The molecule has 0 spiro atoms. The molecule has 16 heavy (non-hydrogen) atoms. The lowest BCUT2D eigenvalue weighted by Crippen LogP contribution is -2.59. The van der Waals surface area contributed by atoms with Crippen LogP contribution >= 0.6 is 0 Å². The van der Waals surface area contributed by atoms with Gasteiger partial charge in [0.25, 0.3) is 0 Å². The molecule has 1 aliphatic heterocycles. The van der Waals surface area contributed by atoms with Crippen LogP contribution in [0.2, 0.25) is 0 Å². The smallest absolute Gasteiger partial charge is 0.305 e. The third-order valence-electron chi connectivity index (χ3n) is 3.10. The van der Waals surface area contributed by atoms with Gasteiger partial charge in [0.15, 0.2) is 0 Å². The second kappa shape index (κ2) is 4.68. The van der Waals surface area contributed by atoms with Crippen molar-refractivity contribution in [3.8, 4) is 0 Å². The maximum Gasteiger partial charge on any atom is 0.305 e. The molecule has 1 saturated heterocycles. The number of aliphatic carboxylic acids is 1. The van der Waals surface area contributed by atoms with E-state index in [1.54, 1.807) is 0 Å². The molecule has 94 valence electrons. The lowest BCUT2D eigenvalue weighted by molar-refractivity contribution is -0.138. The highest BCUT2D eigenvalue weighted by atomic mass is 32.2. The van der Waals surface area contributed by atoms with Gasteiger partial charge < -0.3 is 10.0 Å². The molecule has 1 aliphatic rings. The van der Waals surface area contributed by atoms with Crippen LogP contribution in [-0.2, 0) is 14.8 Å². The van der Waals surface area contributed by atoms with Crippen LogP contribution in [0.15, 0.2) is 0 Å². The Hall–Kier alpha value is -0.660. The Labute approximate surface area is 95.9 Å². The summed E-state index contributed by atoms with van der Waals surface area (Å²) in [6.45, 7) is 2.84. The first-order valence-electron chi connectivity index (χ1n) is 5.12. The number of likely N-dealkylation sites (N-methyl/N-ethyl adjacent to an activating group) is 1. The van der Waals surface area contributed by atoms with E-state index < -0.39 is 22.0 Å². The van der Waals surface area contributed by atoms with Crippen LogP contribution in [0.4, 0.5) is 0 Å². The van der Waals surface area contributed by atoms with E-state index in [4.69, 9.17) is 5.11 Å². The largest absolute Gasteiger partial charge is 0.481 e. The van der Waals surface area contributed by atoms with Gasteiger partial charge in [-0.3, -0.25) is 4.79 Å². The fraction of sp³-hybridized carbons (Fsp3) is 0.889. The van der Waals surface area contributed by atoms with Crippen molar-refractivity contribution in [2.45, 2.75) is 25.4 Å². The summed E-state index contributed by atoms with van der Waals surface area (Å²) in [5, 5.41) is 8.81. The minimum absolute atomic E-state index is 0.0837. The summed E-state index contributed by atoms with van der Waals surface area (Å²) in [6, 6.07) is -0.564. The Morgan fingerprint density at radius 2 is 2.00 bits per heavy atom. The molecule has 1 rings (SSSR count). The fourth-order valence-corrected chi connectivity index (χ4v) is 3.18. The molecule has 0 radical (unpaired) electrons. The molecular formula is C9H18N2O4S. The Balaban J connectivity index is 2.94. The van der Waals surface area contributed by atoms with Crippen molar-refractivity contribution >= 4 is 16.0 Å². The van der Waals surface area contributed by atoms with E-state index in [0.717, 1.165) is 6.26 Å². The molecule has 1 heterocycles. The molecule has 0 bridgehead atoms. The summed E-state index contributed by atoms with van der Waals surface area (Å²) in [6.07, 6.45) is 0.971. The molecule has 0 amide bonds. The lowest BCUT2D eigenvalue weighted by atomic mass is 10.0. The molecule has 0 aromatic heterocycles. The van der Waals surface area contributed by atoms with Gasteiger partial charge in [0.2, 0.25) is 10.0 Å². The number of hydrogen-bond acceptors (Lipinski definition) is 4. The highest BCUT2D eigenvalue weighted by Crippen LogP contribution is 2.21. The topological polar surface area (TPSA) is 77.9 Å². The standard InChI is InChI=1S/C9H18N2O4S/c1-7-8(6-9(12)13)11(16(3,14)15)5-4-10(7)2/h7-8H,4-6H2,1-3H3,(H,12,13)/t7-,8+/m1/s1. The van der Waals surface area contributed by atoms with Gasteiger partial charge in [-0.25, -0.2) is 8.42 Å². The molecule has 0 aromatic rings. The van der Waals surface area contributed by atoms with Crippen molar-refractivity contribution in [2.24, 2.45) is 0 Å². The Bertz CT molecular complexity index is 368. The minimum atomic E-state index is -3.33. The van der Waals surface area contributed by atoms with Gasteiger partial charge in [-0.15, -0.1) is 0 Å². The minimum Gasteiger partial charge on any atom is -0.481 e. The SMILES string of the molecule is C[C@@H]1[C@H](CC(=O)O)N(S(C)(=O)=O)CCN1C. The molecule has 6 nitrogen and oxygen atoms in total. The van der Waals surface area contributed by atoms with Crippen molar-refractivity contribution < 1.29 is 18.3 Å². The van der Waals surface area contributed by atoms with E-state index in [1.807, 2.05) is 18.9 Å². The Morgan fingerprint density at radius 3 is 2.44 bits per heavy atom. The highest BCUT2D eigenvalue weighted by Gasteiger charge is 2.37. The molecule has 1 N–H and O–H groups in total. The average molecular weight is 250 g/mol. The summed E-state index contributed by atoms with van der Waals surface area (Å²) in [4.78, 5) is 12.7. The number of hydrogen-bond donors (Lipinski definition) is 1. The van der Waals surface area contributed by atoms with Gasteiger partial charge in [0, 0.05) is 19.1 Å². The summed E-state index contributed by atoms with van der Waals surface area (Å²) in [5.74, 6) is -0.971. The number of rotatable bonds is 3. The number of carbonyl (C=O) groups is 1. The van der Waals surface area contributed by atoms with Gasteiger partial charge >= 0.3 is 5.97 Å². The molecule has 0 saturated carbocycles. The third-order valence-corrected chi connectivity index (χ3v) is 4.41. The second-order valence-electron chi connectivity index (χ2n) is 4.26. The summed E-state index contributed by atoms with van der Waals surface area (Å²) in [5.41, 5.74) is 0. The molecule has 0 aromatic carbocycles. The van der Waals surface area contributed by atoms with Crippen molar-refractivity contribution in [3.63, 3.8) is 0 Å². The number of carboxylic acid groups (broad SMARTS) is 1. The summed E-state index contributed by atoms with van der Waals surface area (Å²) < 4.78 is 24.4. The molecule has 0 aliphatic carbocycles. The molecule has 7 heteroatoms. The summed E-state index contributed by atoms with van der Waals surface area (Å²) >= 11 is 0. The normalized spacial score (nSPS) is 29.2. The number of carboxylic acids is 1. The van der Waals surface area contributed by atoms with Gasteiger partial charge in [-0.1, -0.05) is 0 Å². The number of sulfonamides is 1. The average Bonchev–Trinajstić information content (AvgIpc) is 2.10. The van der Waals surface area contributed by atoms with Crippen molar-refractivity contribution in [2.75, 3.05) is 26.4 Å². The van der Waals surface area contributed by atoms with Gasteiger partial charge in [-0.2, -0.15) is 4.31 Å². The van der Waals surface area contributed by atoms with Crippen LogP contribution in [0, 0.1) is 0 Å². The molecule has 0 unspecified atom stereocenters. The van der Waals surface area contributed by atoms with Crippen LogP contribution in [0.25, 0.3) is 0 Å². The monoisotopic (exact) mass is 250 g/mol. The van der Waals surface area contributed by atoms with Crippen LogP contribution in [-0.4, -0.2) is 67.2 Å². The van der Waals surface area contributed by atoms with E-state index in [0.29, 0.717) is 13.1 Å². The van der Waals surface area contributed by atoms with E-state index >= 15 is 0 Å². The van der Waals surface area contributed by atoms with Crippen molar-refractivity contribution in [3.05, 3.63) is 0 Å². The first-order valence-corrected chi connectivity index (χ1v) is 6.97. The zero-order chi connectivity index (χ0) is 12.5. The third kappa shape index (κ3) is 2.93. The second-order valence-corrected chi connectivity index (χ2v) is 6.20. The fourth-order valence-electron chi connectivity index (χ4n) is 2.02. The predicted octanol–water partition coefficient (Wildman–Crippen LogP) is -0.575. The van der Waals surface area contributed by atoms with Crippen LogP contribution in [0.5, 0.6) is 0 Å². The molecule has 1 fully saturated rings. The van der Waals surface area contributed by atoms with E-state index in [9.17, 15) is 13.2 Å². The van der Waals surface area contributed by atoms with E-state index in [-0.39, 0.29) is 12.5 Å². The summed E-state index contributed by atoms with van der Waals surface area (Å²) in [7, 11) is -1.46. The van der Waals surface area contributed by atoms with Crippen LogP contribution in [0.3, 0.4) is 0 Å². The first kappa shape index (κ1) is 13.4. The quantitative estimate of drug-likeness (QED) is 0.725. The maximum absolute atomic E-state index is 11.5. The first-order chi connectivity index (χ1) is 7.23.